The molecule has 0 amide bonds. The fourth-order valence-electron chi connectivity index (χ4n) is 1.62. The first-order chi connectivity index (χ1) is 8.74. The maximum Gasteiger partial charge on any atom is 0.187 e. The molecule has 4 nitrogen and oxygen atoms in total. The van der Waals surface area contributed by atoms with E-state index in [1.165, 1.54) is 5.56 Å². The van der Waals surface area contributed by atoms with Crippen molar-refractivity contribution in [3.8, 4) is 0 Å². The molecule has 19 heavy (non-hydrogen) atoms. The molecule has 3 N–H and O–H groups in total. The lowest BCUT2D eigenvalue weighted by atomic mass is 9.87. The lowest BCUT2D eigenvalue weighted by molar-refractivity contribution is 0.464. The van der Waals surface area contributed by atoms with Gasteiger partial charge in [0.1, 0.15) is 0 Å². The van der Waals surface area contributed by atoms with E-state index in [2.05, 4.69) is 16.9 Å². The summed E-state index contributed by atoms with van der Waals surface area (Å²) in [7, 11) is 0. The number of nitrogens with zero attached hydrogens (tertiary/aromatic N) is 2. The molecule has 0 aliphatic heterocycles. The van der Waals surface area contributed by atoms with Crippen LogP contribution in [-0.4, -0.2) is 21.6 Å². The van der Waals surface area contributed by atoms with Gasteiger partial charge < -0.3 is 5.73 Å². The van der Waals surface area contributed by atoms with E-state index in [4.69, 9.17) is 11.1 Å². The molecule has 0 saturated heterocycles. The average molecular weight is 280 g/mol. The maximum absolute atomic E-state index is 7.52. The largest absolute Gasteiger partial charge is 0.387 e. The summed E-state index contributed by atoms with van der Waals surface area (Å²) in [4.78, 5) is 8.98. The Labute approximate surface area is 120 Å². The molecular formula is C14H24N4S. The Morgan fingerprint density at radius 2 is 1.74 bits per heavy atom. The van der Waals surface area contributed by atoms with Crippen LogP contribution in [-0.2, 0) is 0 Å². The van der Waals surface area contributed by atoms with Crippen molar-refractivity contribution >= 4 is 17.6 Å². The molecule has 1 rings (SSSR count). The van der Waals surface area contributed by atoms with E-state index in [0.717, 1.165) is 35.1 Å². The molecule has 0 saturated carbocycles. The third-order valence-corrected chi connectivity index (χ3v) is 4.45. The van der Waals surface area contributed by atoms with E-state index in [1.54, 1.807) is 11.8 Å². The predicted octanol–water partition coefficient (Wildman–Crippen LogP) is 3.24. The second kappa shape index (κ2) is 6.37. The molecular weight excluding hydrogens is 256 g/mol. The standard InChI is InChI=1S/C14H24N4S/c1-9-10(2)17-13(18-11(9)3)19-8-6-7-14(4,5)12(15)16/h6-8H2,1-5H3,(H3,15,16). The zero-order valence-electron chi connectivity index (χ0n) is 12.5. The Hall–Kier alpha value is -1.10. The van der Waals surface area contributed by atoms with Crippen molar-refractivity contribution in [1.29, 1.82) is 5.41 Å². The topological polar surface area (TPSA) is 75.7 Å². The van der Waals surface area contributed by atoms with Crippen molar-refractivity contribution in [2.45, 2.75) is 52.6 Å². The average Bonchev–Trinajstić information content (AvgIpc) is 2.31. The Bertz CT molecular complexity index is 446. The minimum absolute atomic E-state index is 0.208. The van der Waals surface area contributed by atoms with Gasteiger partial charge in [-0.1, -0.05) is 25.6 Å². The maximum atomic E-state index is 7.52. The van der Waals surface area contributed by atoms with Crippen LogP contribution in [0, 0.1) is 31.6 Å². The fraction of sp³-hybridized carbons (Fsp3) is 0.643. The molecule has 0 spiro atoms. The van der Waals surface area contributed by atoms with Gasteiger partial charge in [0, 0.05) is 22.6 Å². The zero-order valence-corrected chi connectivity index (χ0v) is 13.3. The van der Waals surface area contributed by atoms with Crippen molar-refractivity contribution in [2.24, 2.45) is 11.1 Å². The number of thioether (sulfide) groups is 1. The summed E-state index contributed by atoms with van der Waals surface area (Å²) < 4.78 is 0. The van der Waals surface area contributed by atoms with E-state index in [0.29, 0.717) is 0 Å². The number of hydrogen-bond acceptors (Lipinski definition) is 4. The number of amidine groups is 1. The Morgan fingerprint density at radius 3 is 2.21 bits per heavy atom. The summed E-state index contributed by atoms with van der Waals surface area (Å²) in [6, 6.07) is 0. The fourth-order valence-corrected chi connectivity index (χ4v) is 2.49. The van der Waals surface area contributed by atoms with Crippen molar-refractivity contribution < 1.29 is 0 Å². The SMILES string of the molecule is Cc1nc(SCCCC(C)(C)C(=N)N)nc(C)c1C. The molecule has 0 atom stereocenters. The van der Waals surface area contributed by atoms with Crippen molar-refractivity contribution in [1.82, 2.24) is 9.97 Å². The summed E-state index contributed by atoms with van der Waals surface area (Å²) in [6.07, 6.45) is 1.92. The molecule has 0 bridgehead atoms. The quantitative estimate of drug-likeness (QED) is 0.276. The van der Waals surface area contributed by atoms with Gasteiger partial charge >= 0.3 is 0 Å². The third-order valence-electron chi connectivity index (χ3n) is 3.52. The highest BCUT2D eigenvalue weighted by Crippen LogP contribution is 2.25. The minimum atomic E-state index is -0.208. The van der Waals surface area contributed by atoms with E-state index < -0.39 is 0 Å². The van der Waals surface area contributed by atoms with Crippen molar-refractivity contribution in [3.63, 3.8) is 0 Å². The first-order valence-electron chi connectivity index (χ1n) is 6.53. The first-order valence-corrected chi connectivity index (χ1v) is 7.52. The van der Waals surface area contributed by atoms with Gasteiger partial charge in [0.2, 0.25) is 0 Å². The Balaban J connectivity index is 2.49. The molecule has 1 aromatic heterocycles. The first kappa shape index (κ1) is 16.0. The van der Waals surface area contributed by atoms with Crippen LogP contribution in [0.4, 0.5) is 0 Å². The molecule has 0 aliphatic carbocycles. The third kappa shape index (κ3) is 4.49. The highest BCUT2D eigenvalue weighted by Gasteiger charge is 2.20. The smallest absolute Gasteiger partial charge is 0.187 e. The van der Waals surface area contributed by atoms with Gasteiger partial charge in [0.05, 0.1) is 5.84 Å². The molecule has 0 aromatic carbocycles. The van der Waals surface area contributed by atoms with Crippen molar-refractivity contribution in [2.75, 3.05) is 5.75 Å². The Kier molecular flexibility index (Phi) is 5.35. The minimum Gasteiger partial charge on any atom is -0.387 e. The molecule has 5 heteroatoms. The van der Waals surface area contributed by atoms with Crippen LogP contribution in [0.15, 0.2) is 5.16 Å². The van der Waals surface area contributed by atoms with Crippen LogP contribution < -0.4 is 5.73 Å². The van der Waals surface area contributed by atoms with Gasteiger partial charge in [-0.3, -0.25) is 5.41 Å². The van der Waals surface area contributed by atoms with Crippen LogP contribution >= 0.6 is 11.8 Å². The molecule has 106 valence electrons. The van der Waals surface area contributed by atoms with Gasteiger partial charge in [-0.2, -0.15) is 0 Å². The molecule has 1 heterocycles. The van der Waals surface area contributed by atoms with Crippen LogP contribution in [0.25, 0.3) is 0 Å². The van der Waals surface area contributed by atoms with Crippen LogP contribution in [0.3, 0.4) is 0 Å². The van der Waals surface area contributed by atoms with E-state index >= 15 is 0 Å². The van der Waals surface area contributed by atoms with E-state index in [9.17, 15) is 0 Å². The lowest BCUT2D eigenvalue weighted by Gasteiger charge is -2.22. The van der Waals surface area contributed by atoms with Gasteiger partial charge in [-0.15, -0.1) is 0 Å². The summed E-state index contributed by atoms with van der Waals surface area (Å²) in [5, 5.41) is 8.37. The summed E-state index contributed by atoms with van der Waals surface area (Å²) in [6.45, 7) is 10.1. The van der Waals surface area contributed by atoms with E-state index in [1.807, 2.05) is 27.7 Å². The lowest BCUT2D eigenvalue weighted by Crippen LogP contribution is -2.30. The number of hydrogen-bond donors (Lipinski definition) is 2. The van der Waals surface area contributed by atoms with E-state index in [-0.39, 0.29) is 11.3 Å². The van der Waals surface area contributed by atoms with Gasteiger partial charge in [-0.05, 0) is 39.2 Å². The molecule has 0 radical (unpaired) electrons. The van der Waals surface area contributed by atoms with Gasteiger partial charge in [0.25, 0.3) is 0 Å². The number of aryl methyl sites for hydroxylation is 2. The monoisotopic (exact) mass is 280 g/mol. The molecule has 0 unspecified atom stereocenters. The summed E-state index contributed by atoms with van der Waals surface area (Å²) in [5.74, 6) is 1.22. The normalized spacial score (nSPS) is 11.6. The Morgan fingerprint density at radius 1 is 1.21 bits per heavy atom. The zero-order chi connectivity index (χ0) is 14.6. The number of nitrogens with two attached hydrogens (primary N) is 1. The number of nitrogens with one attached hydrogen (secondary N) is 1. The van der Waals surface area contributed by atoms with Crippen LogP contribution in [0.2, 0.25) is 0 Å². The van der Waals surface area contributed by atoms with Gasteiger partial charge in [-0.25, -0.2) is 9.97 Å². The number of aromatic nitrogens is 2. The van der Waals surface area contributed by atoms with Crippen LogP contribution in [0.1, 0.15) is 43.6 Å². The highest BCUT2D eigenvalue weighted by molar-refractivity contribution is 7.99. The highest BCUT2D eigenvalue weighted by atomic mass is 32.2. The summed E-state index contributed by atoms with van der Waals surface area (Å²) in [5.41, 5.74) is 8.64. The second-order valence-electron chi connectivity index (χ2n) is 5.55. The molecule has 0 aliphatic rings. The number of rotatable bonds is 6. The van der Waals surface area contributed by atoms with Crippen LogP contribution in [0.5, 0.6) is 0 Å². The van der Waals surface area contributed by atoms with Gasteiger partial charge in [0.15, 0.2) is 5.16 Å². The molecule has 0 fully saturated rings. The molecule has 1 aromatic rings. The summed E-state index contributed by atoms with van der Waals surface area (Å²) >= 11 is 1.68. The van der Waals surface area contributed by atoms with Crippen molar-refractivity contribution in [3.05, 3.63) is 17.0 Å². The second-order valence-corrected chi connectivity index (χ2v) is 6.61. The predicted molar refractivity (Wildman–Crippen MR) is 81.9 cm³/mol.